The highest BCUT2D eigenvalue weighted by molar-refractivity contribution is 6.12. The Kier molecular flexibility index (Phi) is 5.86. The lowest BCUT2D eigenvalue weighted by Crippen LogP contribution is -1.90. The van der Waals surface area contributed by atoms with Gasteiger partial charge < -0.3 is 13.3 Å². The number of para-hydroxylation sites is 2. The summed E-state index contributed by atoms with van der Waals surface area (Å²) >= 11 is 0. The van der Waals surface area contributed by atoms with Gasteiger partial charge in [-0.05, 0) is 89.0 Å². The van der Waals surface area contributed by atoms with Crippen molar-refractivity contribution in [2.75, 3.05) is 0 Å². The second kappa shape index (κ2) is 10.7. The SMILES string of the molecule is c1ccc(-c2ccc3oc4c(-c5cc(-c6nccc7c6oc6ccccc67)cc(-c6ccnc7c6oc6ccccc67)c5)ccnc4c3c2)cc1. The van der Waals surface area contributed by atoms with Crippen molar-refractivity contribution in [1.82, 2.24) is 15.0 Å². The molecule has 0 unspecified atom stereocenters. The van der Waals surface area contributed by atoms with Gasteiger partial charge in [0.05, 0.1) is 0 Å². The number of furan rings is 3. The van der Waals surface area contributed by atoms with Crippen LogP contribution in [0.2, 0.25) is 0 Å². The maximum atomic E-state index is 6.62. The van der Waals surface area contributed by atoms with Crippen LogP contribution in [0.5, 0.6) is 0 Å². The van der Waals surface area contributed by atoms with Crippen LogP contribution in [0, 0.1) is 0 Å². The van der Waals surface area contributed by atoms with E-state index in [1.165, 1.54) is 0 Å². The summed E-state index contributed by atoms with van der Waals surface area (Å²) in [7, 11) is 0. The molecular formula is C45H25N3O3. The molecule has 0 spiro atoms. The molecule has 0 saturated carbocycles. The Balaban J connectivity index is 1.18. The van der Waals surface area contributed by atoms with Crippen LogP contribution in [0.1, 0.15) is 0 Å². The van der Waals surface area contributed by atoms with Gasteiger partial charge in [0.15, 0.2) is 16.7 Å². The maximum Gasteiger partial charge on any atom is 0.161 e. The van der Waals surface area contributed by atoms with E-state index in [0.29, 0.717) is 0 Å². The van der Waals surface area contributed by atoms with Crippen molar-refractivity contribution in [1.29, 1.82) is 0 Å². The molecule has 0 aliphatic heterocycles. The number of nitrogens with zero attached hydrogens (tertiary/aromatic N) is 3. The normalized spacial score (nSPS) is 11.9. The van der Waals surface area contributed by atoms with Crippen LogP contribution in [0.4, 0.5) is 0 Å². The Morgan fingerprint density at radius 1 is 0.333 bits per heavy atom. The smallest absolute Gasteiger partial charge is 0.161 e. The highest BCUT2D eigenvalue weighted by atomic mass is 16.3. The molecule has 0 saturated heterocycles. The zero-order chi connectivity index (χ0) is 33.5. The molecule has 0 aliphatic rings. The van der Waals surface area contributed by atoms with Gasteiger partial charge in [-0.25, -0.2) is 0 Å². The van der Waals surface area contributed by atoms with Gasteiger partial charge in [0.1, 0.15) is 33.5 Å². The lowest BCUT2D eigenvalue weighted by molar-refractivity contribution is 0.668. The molecule has 0 aliphatic carbocycles. The molecule has 6 heterocycles. The van der Waals surface area contributed by atoms with E-state index in [0.717, 1.165) is 111 Å². The monoisotopic (exact) mass is 655 g/mol. The molecule has 6 nitrogen and oxygen atoms in total. The Labute approximate surface area is 290 Å². The van der Waals surface area contributed by atoms with Gasteiger partial charge in [-0.15, -0.1) is 0 Å². The summed E-state index contributed by atoms with van der Waals surface area (Å²) in [4.78, 5) is 14.5. The zero-order valence-electron chi connectivity index (χ0n) is 27.0. The molecule has 6 heteroatoms. The highest BCUT2D eigenvalue weighted by Crippen LogP contribution is 2.43. The Morgan fingerprint density at radius 2 is 0.902 bits per heavy atom. The number of aromatic nitrogens is 3. The summed E-state index contributed by atoms with van der Waals surface area (Å²) in [6, 6.07) is 45.3. The number of pyridine rings is 3. The van der Waals surface area contributed by atoms with Crippen molar-refractivity contribution < 1.29 is 13.3 Å². The van der Waals surface area contributed by atoms with Crippen LogP contribution in [-0.4, -0.2) is 15.0 Å². The minimum absolute atomic E-state index is 0.722. The predicted octanol–water partition coefficient (Wildman–Crippen LogP) is 12.2. The Bertz CT molecular complexity index is 3020. The largest absolute Gasteiger partial charge is 0.454 e. The molecule has 11 rings (SSSR count). The summed E-state index contributed by atoms with van der Waals surface area (Å²) < 4.78 is 19.6. The quantitative estimate of drug-likeness (QED) is 0.188. The molecule has 0 N–H and O–H groups in total. The lowest BCUT2D eigenvalue weighted by atomic mass is 9.94. The first-order valence-electron chi connectivity index (χ1n) is 16.8. The van der Waals surface area contributed by atoms with Crippen molar-refractivity contribution in [2.24, 2.45) is 0 Å². The highest BCUT2D eigenvalue weighted by Gasteiger charge is 2.21. The van der Waals surface area contributed by atoms with Gasteiger partial charge >= 0.3 is 0 Å². The number of benzene rings is 5. The number of rotatable bonds is 4. The van der Waals surface area contributed by atoms with Gasteiger partial charge in [0.2, 0.25) is 0 Å². The fourth-order valence-electron chi connectivity index (χ4n) is 7.46. The standard InChI is InChI=1S/C45H25N3O3/c1-2-8-26(9-3-1)27-14-15-39-36(25-27)42-44(51-39)32(17-20-48-42)29-22-28(31-16-19-47-41-35-11-5-7-13-38(35)50-43(31)41)23-30(24-29)40-45-34(18-21-46-40)33-10-4-6-12-37(33)49-45/h1-25H. The topological polar surface area (TPSA) is 78.1 Å². The third-order valence-electron chi connectivity index (χ3n) is 9.84. The zero-order valence-corrected chi connectivity index (χ0v) is 27.0. The number of hydrogen-bond acceptors (Lipinski definition) is 6. The second-order valence-corrected chi connectivity index (χ2v) is 12.8. The van der Waals surface area contributed by atoms with Crippen molar-refractivity contribution in [3.8, 4) is 44.6 Å². The fourth-order valence-corrected chi connectivity index (χ4v) is 7.46. The molecule has 0 radical (unpaired) electrons. The summed E-state index contributed by atoms with van der Waals surface area (Å²) in [6.07, 6.45) is 5.55. The molecule has 51 heavy (non-hydrogen) atoms. The van der Waals surface area contributed by atoms with Gasteiger partial charge in [0.25, 0.3) is 0 Å². The van der Waals surface area contributed by atoms with Gasteiger partial charge in [-0.3, -0.25) is 15.0 Å². The molecule has 11 aromatic rings. The molecule has 0 bridgehead atoms. The molecule has 6 aromatic heterocycles. The van der Waals surface area contributed by atoms with E-state index in [1.807, 2.05) is 91.4 Å². The summed E-state index contributed by atoms with van der Waals surface area (Å²) in [5.74, 6) is 0. The van der Waals surface area contributed by atoms with Gasteiger partial charge in [-0.1, -0.05) is 66.7 Å². The van der Waals surface area contributed by atoms with Crippen molar-refractivity contribution in [3.63, 3.8) is 0 Å². The average molecular weight is 656 g/mol. The van der Waals surface area contributed by atoms with Crippen LogP contribution in [0.15, 0.2) is 165 Å². The molecule has 0 amide bonds. The maximum absolute atomic E-state index is 6.62. The Hall–Kier alpha value is -7.05. The van der Waals surface area contributed by atoms with Crippen LogP contribution in [0.25, 0.3) is 111 Å². The fraction of sp³-hybridized carbons (Fsp3) is 0. The summed E-state index contributed by atoms with van der Waals surface area (Å²) in [6.45, 7) is 0. The molecule has 0 atom stereocenters. The van der Waals surface area contributed by atoms with Gasteiger partial charge in [-0.2, -0.15) is 0 Å². The van der Waals surface area contributed by atoms with Crippen LogP contribution >= 0.6 is 0 Å². The molecule has 238 valence electrons. The molecular weight excluding hydrogens is 631 g/mol. The minimum Gasteiger partial charge on any atom is -0.454 e. The van der Waals surface area contributed by atoms with Crippen LogP contribution in [0.3, 0.4) is 0 Å². The van der Waals surface area contributed by atoms with E-state index in [2.05, 4.69) is 60.7 Å². The van der Waals surface area contributed by atoms with E-state index in [9.17, 15) is 0 Å². The minimum atomic E-state index is 0.722. The first-order chi connectivity index (χ1) is 25.3. The first kappa shape index (κ1) is 27.9. The number of fused-ring (bicyclic) bond motifs is 9. The lowest BCUT2D eigenvalue weighted by Gasteiger charge is -2.11. The van der Waals surface area contributed by atoms with E-state index < -0.39 is 0 Å². The third-order valence-corrected chi connectivity index (χ3v) is 9.84. The molecule has 0 fully saturated rings. The second-order valence-electron chi connectivity index (χ2n) is 12.8. The van der Waals surface area contributed by atoms with E-state index >= 15 is 0 Å². The van der Waals surface area contributed by atoms with E-state index in [4.69, 9.17) is 28.2 Å². The predicted molar refractivity (Wildman–Crippen MR) is 203 cm³/mol. The first-order valence-corrected chi connectivity index (χ1v) is 16.8. The molecule has 5 aromatic carbocycles. The number of hydrogen-bond donors (Lipinski definition) is 0. The summed E-state index contributed by atoms with van der Waals surface area (Å²) in [5.41, 5.74) is 13.9. The van der Waals surface area contributed by atoms with Gasteiger partial charge in [0, 0.05) is 56.8 Å². The Morgan fingerprint density at radius 3 is 1.65 bits per heavy atom. The third kappa shape index (κ3) is 4.26. The average Bonchev–Trinajstić information content (AvgIpc) is 3.89. The van der Waals surface area contributed by atoms with E-state index in [-0.39, 0.29) is 0 Å². The van der Waals surface area contributed by atoms with Crippen molar-refractivity contribution in [2.45, 2.75) is 0 Å². The van der Waals surface area contributed by atoms with Crippen LogP contribution < -0.4 is 0 Å². The van der Waals surface area contributed by atoms with E-state index in [1.54, 1.807) is 0 Å². The van der Waals surface area contributed by atoms with Crippen LogP contribution in [-0.2, 0) is 0 Å². The summed E-state index contributed by atoms with van der Waals surface area (Å²) in [5, 5.41) is 4.02. The van der Waals surface area contributed by atoms with Crippen molar-refractivity contribution >= 4 is 66.1 Å². The van der Waals surface area contributed by atoms with Crippen molar-refractivity contribution in [3.05, 3.63) is 152 Å².